The van der Waals surface area contributed by atoms with Crippen molar-refractivity contribution in [1.29, 1.82) is 0 Å². The Kier molecular flexibility index (Phi) is 7.97. The Bertz CT molecular complexity index is 631. The van der Waals surface area contributed by atoms with Gasteiger partial charge in [-0.3, -0.25) is 0 Å². The van der Waals surface area contributed by atoms with Crippen LogP contribution in [0.2, 0.25) is 0 Å². The van der Waals surface area contributed by atoms with Gasteiger partial charge in [-0.1, -0.05) is 67.6 Å². The largest absolute Gasteiger partial charge is 0.359 e. The summed E-state index contributed by atoms with van der Waals surface area (Å²) in [5.41, 5.74) is 2.72. The number of allylic oxidation sites excluding steroid dienone is 1. The number of ether oxygens (including phenoxy) is 2. The van der Waals surface area contributed by atoms with Gasteiger partial charge < -0.3 is 9.47 Å². The van der Waals surface area contributed by atoms with E-state index < -0.39 is 0 Å². The van der Waals surface area contributed by atoms with E-state index in [0.29, 0.717) is 23.7 Å². The Balaban J connectivity index is 1.45. The summed E-state index contributed by atoms with van der Waals surface area (Å²) in [6, 6.07) is 0. The Morgan fingerprint density at radius 1 is 1.10 bits per heavy atom. The van der Waals surface area contributed by atoms with Gasteiger partial charge in [0, 0.05) is 17.9 Å². The third-order valence-electron chi connectivity index (χ3n) is 10.2. The minimum atomic E-state index is 0.352. The van der Waals surface area contributed by atoms with E-state index >= 15 is 0 Å². The molecule has 3 fully saturated rings. The predicted octanol–water partition coefficient (Wildman–Crippen LogP) is 8.15. The molecule has 0 aromatic heterocycles. The van der Waals surface area contributed by atoms with Crippen LogP contribution in [-0.2, 0) is 9.47 Å². The fraction of sp³-hybridized carbons (Fsp3) is 0.929. The van der Waals surface area contributed by atoms with E-state index in [2.05, 4.69) is 42.8 Å². The molecule has 0 radical (unpaired) electrons. The van der Waals surface area contributed by atoms with Gasteiger partial charge in [-0.2, -0.15) is 0 Å². The second-order valence-electron chi connectivity index (χ2n) is 12.1. The van der Waals surface area contributed by atoms with Crippen molar-refractivity contribution in [1.82, 2.24) is 0 Å². The SMILES string of the molecule is COCOC1CCC2(CBr)C(=CCC3C2CCC2(C)C(CCCCC(C)C)CCC32)C1. The first-order valence-corrected chi connectivity index (χ1v) is 14.4. The number of fused-ring (bicyclic) bond motifs is 5. The zero-order valence-electron chi connectivity index (χ0n) is 20.6. The van der Waals surface area contributed by atoms with Crippen LogP contribution < -0.4 is 0 Å². The Labute approximate surface area is 200 Å². The van der Waals surface area contributed by atoms with Crippen LogP contribution in [0, 0.1) is 40.4 Å². The van der Waals surface area contributed by atoms with Crippen LogP contribution in [0.3, 0.4) is 0 Å². The van der Waals surface area contributed by atoms with Crippen molar-refractivity contribution < 1.29 is 9.47 Å². The molecule has 0 amide bonds. The first kappa shape index (κ1) is 24.3. The number of halogens is 1. The van der Waals surface area contributed by atoms with Gasteiger partial charge in [-0.25, -0.2) is 0 Å². The van der Waals surface area contributed by atoms with Crippen LogP contribution in [0.4, 0.5) is 0 Å². The van der Waals surface area contributed by atoms with E-state index in [9.17, 15) is 0 Å². The summed E-state index contributed by atoms with van der Waals surface area (Å²) in [4.78, 5) is 0. The summed E-state index contributed by atoms with van der Waals surface area (Å²) >= 11 is 4.02. The van der Waals surface area contributed by atoms with Gasteiger partial charge in [0.05, 0.1) is 6.10 Å². The van der Waals surface area contributed by atoms with E-state index in [1.165, 1.54) is 70.6 Å². The number of rotatable bonds is 9. The van der Waals surface area contributed by atoms with Gasteiger partial charge in [-0.15, -0.1) is 0 Å². The zero-order chi connectivity index (χ0) is 22.1. The Hall–Kier alpha value is 0.140. The molecular formula is C28H47BrO2. The van der Waals surface area contributed by atoms with Gasteiger partial charge >= 0.3 is 0 Å². The molecule has 4 aliphatic rings. The number of methoxy groups -OCH3 is 1. The highest BCUT2D eigenvalue weighted by Crippen LogP contribution is 2.67. The lowest BCUT2D eigenvalue weighted by molar-refractivity contribution is -0.0965. The highest BCUT2D eigenvalue weighted by Gasteiger charge is 2.59. The van der Waals surface area contributed by atoms with Crippen molar-refractivity contribution in [2.75, 3.05) is 19.2 Å². The monoisotopic (exact) mass is 494 g/mol. The zero-order valence-corrected chi connectivity index (χ0v) is 22.2. The molecule has 0 aromatic rings. The molecule has 4 rings (SSSR count). The van der Waals surface area contributed by atoms with Crippen LogP contribution in [0.25, 0.3) is 0 Å². The summed E-state index contributed by atoms with van der Waals surface area (Å²) in [7, 11) is 1.73. The highest BCUT2D eigenvalue weighted by atomic mass is 79.9. The average molecular weight is 496 g/mol. The first-order valence-electron chi connectivity index (χ1n) is 13.3. The third-order valence-corrected chi connectivity index (χ3v) is 11.2. The Morgan fingerprint density at radius 3 is 2.68 bits per heavy atom. The number of hydrogen-bond donors (Lipinski definition) is 0. The molecule has 0 heterocycles. The smallest absolute Gasteiger partial charge is 0.146 e. The predicted molar refractivity (Wildman–Crippen MR) is 133 cm³/mol. The fourth-order valence-electron chi connectivity index (χ4n) is 8.51. The lowest BCUT2D eigenvalue weighted by atomic mass is 9.47. The number of unbranched alkanes of at least 4 members (excludes halogenated alkanes) is 1. The molecule has 0 N–H and O–H groups in total. The summed E-state index contributed by atoms with van der Waals surface area (Å²) in [5, 5.41) is 1.14. The minimum Gasteiger partial charge on any atom is -0.359 e. The maximum absolute atomic E-state index is 5.99. The van der Waals surface area contributed by atoms with E-state index in [1.54, 1.807) is 12.7 Å². The molecule has 3 saturated carbocycles. The second-order valence-corrected chi connectivity index (χ2v) is 12.6. The molecule has 7 atom stereocenters. The number of alkyl halides is 1. The molecule has 4 aliphatic carbocycles. The van der Waals surface area contributed by atoms with Gasteiger partial charge in [0.15, 0.2) is 0 Å². The normalized spacial score (nSPS) is 42.1. The minimum absolute atomic E-state index is 0.352. The summed E-state index contributed by atoms with van der Waals surface area (Å²) in [5.74, 6) is 4.60. The van der Waals surface area contributed by atoms with E-state index in [-0.39, 0.29) is 0 Å². The molecular weight excluding hydrogens is 448 g/mol. The second kappa shape index (κ2) is 10.2. The first-order chi connectivity index (χ1) is 14.9. The van der Waals surface area contributed by atoms with Gasteiger partial charge in [0.25, 0.3) is 0 Å². The maximum atomic E-state index is 5.99. The van der Waals surface area contributed by atoms with Crippen LogP contribution in [0.5, 0.6) is 0 Å². The molecule has 0 bridgehead atoms. The number of hydrogen-bond acceptors (Lipinski definition) is 2. The van der Waals surface area contributed by atoms with Crippen molar-refractivity contribution in [3.05, 3.63) is 11.6 Å². The average Bonchev–Trinajstić information content (AvgIpc) is 3.11. The molecule has 178 valence electrons. The lowest BCUT2D eigenvalue weighted by Crippen LogP contribution is -2.52. The molecule has 0 aromatic carbocycles. The quantitative estimate of drug-likeness (QED) is 0.139. The van der Waals surface area contributed by atoms with E-state index in [4.69, 9.17) is 9.47 Å². The molecule has 7 unspecified atom stereocenters. The summed E-state index contributed by atoms with van der Waals surface area (Å²) in [6.45, 7) is 7.87. The van der Waals surface area contributed by atoms with Gasteiger partial charge in [-0.05, 0) is 92.8 Å². The third kappa shape index (κ3) is 4.59. The molecule has 0 spiro atoms. The van der Waals surface area contributed by atoms with Crippen molar-refractivity contribution in [2.24, 2.45) is 40.4 Å². The van der Waals surface area contributed by atoms with Crippen LogP contribution in [0.15, 0.2) is 11.6 Å². The van der Waals surface area contributed by atoms with Crippen LogP contribution in [0.1, 0.15) is 97.8 Å². The molecule has 2 nitrogen and oxygen atoms in total. The van der Waals surface area contributed by atoms with Crippen molar-refractivity contribution in [3.63, 3.8) is 0 Å². The molecule has 31 heavy (non-hydrogen) atoms. The van der Waals surface area contributed by atoms with Crippen molar-refractivity contribution in [2.45, 2.75) is 104 Å². The van der Waals surface area contributed by atoms with Crippen molar-refractivity contribution in [3.8, 4) is 0 Å². The lowest BCUT2D eigenvalue weighted by Gasteiger charge is -2.59. The van der Waals surface area contributed by atoms with E-state index in [0.717, 1.165) is 41.3 Å². The van der Waals surface area contributed by atoms with Crippen molar-refractivity contribution >= 4 is 15.9 Å². The summed E-state index contributed by atoms with van der Waals surface area (Å²) in [6.07, 6.45) is 19.7. The van der Waals surface area contributed by atoms with Gasteiger partial charge in [0.1, 0.15) is 6.79 Å². The standard InChI is InChI=1S/C28H47BrO2/c1-20(2)7-5-6-8-21-10-12-25-24-11-9-22-17-23(31-19-30-4)13-16-28(22,18-29)26(24)14-15-27(21,25)3/h9,20-21,23-26H,5-8,10-19H2,1-4H3. The van der Waals surface area contributed by atoms with E-state index in [1.807, 2.05) is 0 Å². The highest BCUT2D eigenvalue weighted by molar-refractivity contribution is 9.09. The topological polar surface area (TPSA) is 18.5 Å². The molecule has 0 saturated heterocycles. The van der Waals surface area contributed by atoms with Crippen LogP contribution >= 0.6 is 15.9 Å². The van der Waals surface area contributed by atoms with Gasteiger partial charge in [0.2, 0.25) is 0 Å². The summed E-state index contributed by atoms with van der Waals surface area (Å²) < 4.78 is 11.2. The Morgan fingerprint density at radius 2 is 1.94 bits per heavy atom. The fourth-order valence-corrected chi connectivity index (χ4v) is 9.56. The molecule has 0 aliphatic heterocycles. The molecule has 3 heteroatoms. The maximum Gasteiger partial charge on any atom is 0.146 e. The van der Waals surface area contributed by atoms with Crippen LogP contribution in [-0.4, -0.2) is 25.3 Å².